The first-order valence-corrected chi connectivity index (χ1v) is 6.71. The zero-order valence-electron chi connectivity index (χ0n) is 10.3. The molecule has 0 aliphatic rings. The smallest absolute Gasteiger partial charge is 0.124 e. The maximum absolute atomic E-state index is 12.9. The van der Waals surface area contributed by atoms with Gasteiger partial charge in [0.2, 0.25) is 0 Å². The van der Waals surface area contributed by atoms with Gasteiger partial charge in [-0.15, -0.1) is 0 Å². The van der Waals surface area contributed by atoms with E-state index in [9.17, 15) is 4.39 Å². The third kappa shape index (κ3) is 5.99. The van der Waals surface area contributed by atoms with E-state index in [2.05, 4.69) is 47.2 Å². The lowest BCUT2D eigenvalue weighted by molar-refractivity contribution is 0.594. The minimum Gasteiger partial charge on any atom is -0.314 e. The molecule has 0 saturated carbocycles. The van der Waals surface area contributed by atoms with Crippen molar-refractivity contribution in [1.82, 2.24) is 5.32 Å². The summed E-state index contributed by atoms with van der Waals surface area (Å²) in [5.41, 5.74) is 1.11. The van der Waals surface area contributed by atoms with Crippen LogP contribution < -0.4 is 5.32 Å². The Balaban J connectivity index is 2.32. The molecule has 0 atom stereocenters. The maximum Gasteiger partial charge on any atom is 0.124 e. The van der Waals surface area contributed by atoms with E-state index >= 15 is 0 Å². The van der Waals surface area contributed by atoms with E-state index in [0.717, 1.165) is 29.4 Å². The summed E-state index contributed by atoms with van der Waals surface area (Å²) in [5, 5.41) is 3.35. The summed E-state index contributed by atoms with van der Waals surface area (Å²) in [6, 6.07) is 5.35. The molecule has 3 heteroatoms. The Hall–Kier alpha value is -0.670. The predicted molar refractivity (Wildman–Crippen MR) is 74.7 cm³/mol. The van der Waals surface area contributed by atoms with Crippen LogP contribution in [0.1, 0.15) is 25.8 Å². The molecule has 1 N–H and O–H groups in total. The number of hydrogen-bond acceptors (Lipinski definition) is 1. The van der Waals surface area contributed by atoms with Gasteiger partial charge in [0, 0.05) is 10.5 Å². The highest BCUT2D eigenvalue weighted by Crippen LogP contribution is 2.18. The van der Waals surface area contributed by atoms with Crippen LogP contribution in [0, 0.1) is 5.82 Å². The normalized spacial score (nSPS) is 11.6. The average molecular weight is 300 g/mol. The molecule has 1 aromatic carbocycles. The van der Waals surface area contributed by atoms with Crippen molar-refractivity contribution >= 4 is 15.9 Å². The Morgan fingerprint density at radius 1 is 1.35 bits per heavy atom. The summed E-state index contributed by atoms with van der Waals surface area (Å²) >= 11 is 3.36. The molecule has 0 fully saturated rings. The molecular weight excluding hydrogens is 281 g/mol. The van der Waals surface area contributed by atoms with Gasteiger partial charge in [0.1, 0.15) is 5.82 Å². The minimum atomic E-state index is -0.203. The van der Waals surface area contributed by atoms with Gasteiger partial charge in [-0.05, 0) is 37.1 Å². The minimum absolute atomic E-state index is 0.203. The first kappa shape index (κ1) is 14.4. The summed E-state index contributed by atoms with van der Waals surface area (Å²) in [7, 11) is 0. The molecule has 0 spiro atoms. The fourth-order valence-corrected chi connectivity index (χ4v) is 1.98. The number of benzene rings is 1. The number of hydrogen-bond donors (Lipinski definition) is 1. The fourth-order valence-electron chi connectivity index (χ4n) is 1.47. The number of nitrogens with one attached hydrogen (secondary N) is 1. The highest BCUT2D eigenvalue weighted by molar-refractivity contribution is 9.10. The van der Waals surface area contributed by atoms with Gasteiger partial charge < -0.3 is 5.32 Å². The molecule has 0 saturated heterocycles. The monoisotopic (exact) mass is 299 g/mol. The number of rotatable bonds is 6. The van der Waals surface area contributed by atoms with Crippen LogP contribution in [0.5, 0.6) is 0 Å². The van der Waals surface area contributed by atoms with Crippen LogP contribution in [0.25, 0.3) is 0 Å². The summed E-state index contributed by atoms with van der Waals surface area (Å²) in [6.07, 6.45) is 6.14. The number of halogens is 2. The molecule has 0 amide bonds. The first-order valence-electron chi connectivity index (χ1n) is 5.92. The first-order chi connectivity index (χ1) is 8.09. The third-order valence-electron chi connectivity index (χ3n) is 2.38. The fraction of sp³-hybridized carbons (Fsp3) is 0.429. The molecule has 1 aromatic rings. The molecule has 94 valence electrons. The van der Waals surface area contributed by atoms with Crippen LogP contribution in [-0.4, -0.2) is 12.6 Å². The lowest BCUT2D eigenvalue weighted by atomic mass is 10.1. The summed E-state index contributed by atoms with van der Waals surface area (Å²) in [5.74, 6) is -0.203. The summed E-state index contributed by atoms with van der Waals surface area (Å²) in [6.45, 7) is 5.28. The quantitative estimate of drug-likeness (QED) is 0.617. The van der Waals surface area contributed by atoms with Crippen LogP contribution in [0.3, 0.4) is 0 Å². The lowest BCUT2D eigenvalue weighted by Crippen LogP contribution is -2.23. The van der Waals surface area contributed by atoms with Gasteiger partial charge in [0.15, 0.2) is 0 Å². The molecule has 0 aliphatic heterocycles. The predicted octanol–water partition coefficient (Wildman–Crippen LogP) is 4.08. The van der Waals surface area contributed by atoms with Gasteiger partial charge in [-0.3, -0.25) is 0 Å². The van der Waals surface area contributed by atoms with Crippen molar-refractivity contribution in [2.75, 3.05) is 6.54 Å². The molecule has 1 nitrogen and oxygen atoms in total. The van der Waals surface area contributed by atoms with E-state index in [1.165, 1.54) is 12.1 Å². The molecular formula is C14H19BrFN. The van der Waals surface area contributed by atoms with Gasteiger partial charge in [-0.1, -0.05) is 48.0 Å². The van der Waals surface area contributed by atoms with Gasteiger partial charge in [0.25, 0.3) is 0 Å². The van der Waals surface area contributed by atoms with Crippen molar-refractivity contribution < 1.29 is 4.39 Å². The van der Waals surface area contributed by atoms with Gasteiger partial charge in [-0.2, -0.15) is 0 Å². The van der Waals surface area contributed by atoms with E-state index in [0.29, 0.717) is 6.04 Å². The number of allylic oxidation sites excluding steroid dienone is 1. The van der Waals surface area contributed by atoms with E-state index in [-0.39, 0.29) is 5.82 Å². The summed E-state index contributed by atoms with van der Waals surface area (Å²) in [4.78, 5) is 0. The van der Waals surface area contributed by atoms with Crippen molar-refractivity contribution in [3.63, 3.8) is 0 Å². The van der Waals surface area contributed by atoms with Crippen LogP contribution in [0.15, 0.2) is 34.8 Å². The second-order valence-electron chi connectivity index (χ2n) is 4.31. The Labute approximate surface area is 111 Å². The molecule has 0 aromatic heterocycles. The summed E-state index contributed by atoms with van der Waals surface area (Å²) < 4.78 is 13.7. The van der Waals surface area contributed by atoms with E-state index in [4.69, 9.17) is 0 Å². The van der Waals surface area contributed by atoms with Crippen molar-refractivity contribution in [2.24, 2.45) is 0 Å². The van der Waals surface area contributed by atoms with Gasteiger partial charge >= 0.3 is 0 Å². The van der Waals surface area contributed by atoms with Crippen LogP contribution in [0.4, 0.5) is 4.39 Å². The second-order valence-corrected chi connectivity index (χ2v) is 5.16. The van der Waals surface area contributed by atoms with Crippen LogP contribution in [-0.2, 0) is 6.42 Å². The van der Waals surface area contributed by atoms with Crippen molar-refractivity contribution in [3.8, 4) is 0 Å². The Bertz CT molecular complexity index is 374. The highest BCUT2D eigenvalue weighted by atomic mass is 79.9. The Morgan fingerprint density at radius 3 is 2.76 bits per heavy atom. The Morgan fingerprint density at radius 2 is 2.12 bits per heavy atom. The van der Waals surface area contributed by atoms with Gasteiger partial charge in [0.05, 0.1) is 0 Å². The van der Waals surface area contributed by atoms with Crippen molar-refractivity contribution in [2.45, 2.75) is 32.7 Å². The standard InChI is InChI=1S/C14H19BrFN/c1-11(2)17-9-5-3-4-6-12-7-8-13(16)10-14(12)15/h3-4,7-8,10-11,17H,5-6,9H2,1-2H3. The molecule has 0 aliphatic carbocycles. The van der Waals surface area contributed by atoms with Crippen LogP contribution in [0.2, 0.25) is 0 Å². The largest absolute Gasteiger partial charge is 0.314 e. The zero-order valence-corrected chi connectivity index (χ0v) is 11.9. The third-order valence-corrected chi connectivity index (χ3v) is 3.12. The van der Waals surface area contributed by atoms with Crippen molar-refractivity contribution in [3.05, 3.63) is 46.2 Å². The molecule has 1 rings (SSSR count). The van der Waals surface area contributed by atoms with E-state index < -0.39 is 0 Å². The topological polar surface area (TPSA) is 12.0 Å². The SMILES string of the molecule is CC(C)NCCC=CCc1ccc(F)cc1Br. The molecule has 0 radical (unpaired) electrons. The maximum atomic E-state index is 12.9. The van der Waals surface area contributed by atoms with Crippen LogP contribution >= 0.6 is 15.9 Å². The lowest BCUT2D eigenvalue weighted by Gasteiger charge is -2.05. The van der Waals surface area contributed by atoms with Crippen molar-refractivity contribution in [1.29, 1.82) is 0 Å². The average Bonchev–Trinajstić information content (AvgIpc) is 2.25. The van der Waals surface area contributed by atoms with E-state index in [1.807, 2.05) is 6.07 Å². The molecule has 17 heavy (non-hydrogen) atoms. The van der Waals surface area contributed by atoms with E-state index in [1.54, 1.807) is 0 Å². The second kappa shape index (κ2) is 7.62. The Kier molecular flexibility index (Phi) is 6.45. The molecule has 0 heterocycles. The highest BCUT2D eigenvalue weighted by Gasteiger charge is 1.98. The zero-order chi connectivity index (χ0) is 12.7. The van der Waals surface area contributed by atoms with Gasteiger partial charge in [-0.25, -0.2) is 4.39 Å². The molecule has 0 unspecified atom stereocenters. The molecule has 0 bridgehead atoms.